The van der Waals surface area contributed by atoms with Gasteiger partial charge in [0.15, 0.2) is 11.5 Å². The molecule has 0 radical (unpaired) electrons. The Morgan fingerprint density at radius 2 is 2.00 bits per heavy atom. The van der Waals surface area contributed by atoms with Gasteiger partial charge >= 0.3 is 0 Å². The lowest BCUT2D eigenvalue weighted by Gasteiger charge is -2.25. The predicted molar refractivity (Wildman–Crippen MR) is 115 cm³/mol. The minimum atomic E-state index is 0.0696. The van der Waals surface area contributed by atoms with Gasteiger partial charge in [0.05, 0.1) is 13.2 Å². The molecule has 2 aromatic rings. The third-order valence-electron chi connectivity index (χ3n) is 5.03. The number of hydrogen-bond acceptors (Lipinski definition) is 4. The van der Waals surface area contributed by atoms with Crippen LogP contribution >= 0.6 is 0 Å². The molecule has 1 aliphatic rings. The first-order valence-electron chi connectivity index (χ1n) is 10.1. The highest BCUT2D eigenvalue weighted by Gasteiger charge is 2.24. The summed E-state index contributed by atoms with van der Waals surface area (Å²) < 4.78 is 11.2. The molecule has 0 aromatic heterocycles. The summed E-state index contributed by atoms with van der Waals surface area (Å²) in [6.45, 7) is 8.45. The summed E-state index contributed by atoms with van der Waals surface area (Å²) in [4.78, 5) is 14.1. The number of methoxy groups -OCH3 is 1. The number of nitrogens with zero attached hydrogens (tertiary/aromatic N) is 1. The lowest BCUT2D eigenvalue weighted by atomic mass is 10.1. The molecule has 1 aliphatic heterocycles. The van der Waals surface area contributed by atoms with Crippen molar-refractivity contribution in [2.75, 3.05) is 26.8 Å². The Kier molecular flexibility index (Phi) is 7.30. The summed E-state index contributed by atoms with van der Waals surface area (Å²) in [5.41, 5.74) is 3.23. The fourth-order valence-corrected chi connectivity index (χ4v) is 3.48. The SMILES string of the molecule is C=C(C)COc1cc(CNC(CN2CCCC2=O)c2ccccc2)ccc1OC. The Labute approximate surface area is 173 Å². The Hall–Kier alpha value is -2.79. The number of rotatable bonds is 10. The van der Waals surface area contributed by atoms with E-state index in [-0.39, 0.29) is 11.9 Å². The topological polar surface area (TPSA) is 50.8 Å². The number of carbonyl (C=O) groups is 1. The highest BCUT2D eigenvalue weighted by molar-refractivity contribution is 5.78. The van der Waals surface area contributed by atoms with E-state index < -0.39 is 0 Å². The largest absolute Gasteiger partial charge is 0.493 e. The summed E-state index contributed by atoms with van der Waals surface area (Å²) in [6.07, 6.45) is 1.60. The van der Waals surface area contributed by atoms with E-state index in [0.29, 0.717) is 37.6 Å². The highest BCUT2D eigenvalue weighted by atomic mass is 16.5. The highest BCUT2D eigenvalue weighted by Crippen LogP contribution is 2.29. The molecule has 1 unspecified atom stereocenters. The molecular weight excluding hydrogens is 364 g/mol. The van der Waals surface area contributed by atoms with Gasteiger partial charge < -0.3 is 19.7 Å². The second-order valence-electron chi connectivity index (χ2n) is 7.52. The molecule has 1 fully saturated rings. The first-order chi connectivity index (χ1) is 14.1. The van der Waals surface area contributed by atoms with Gasteiger partial charge in [-0.25, -0.2) is 0 Å². The average molecular weight is 395 g/mol. The number of nitrogens with one attached hydrogen (secondary N) is 1. The smallest absolute Gasteiger partial charge is 0.222 e. The van der Waals surface area contributed by atoms with Crippen molar-refractivity contribution >= 4 is 5.91 Å². The van der Waals surface area contributed by atoms with Crippen LogP contribution in [0.3, 0.4) is 0 Å². The molecule has 5 heteroatoms. The molecular formula is C24H30N2O3. The molecule has 154 valence electrons. The molecule has 0 bridgehead atoms. The molecule has 29 heavy (non-hydrogen) atoms. The molecule has 0 spiro atoms. The van der Waals surface area contributed by atoms with Crippen molar-refractivity contribution < 1.29 is 14.3 Å². The first kappa shape index (κ1) is 20.9. The maximum atomic E-state index is 12.1. The van der Waals surface area contributed by atoms with Crippen LogP contribution in [-0.4, -0.2) is 37.6 Å². The van der Waals surface area contributed by atoms with E-state index in [1.807, 2.05) is 48.2 Å². The van der Waals surface area contributed by atoms with Gasteiger partial charge in [-0.05, 0) is 42.2 Å². The summed E-state index contributed by atoms with van der Waals surface area (Å²) in [7, 11) is 1.64. The average Bonchev–Trinajstić information content (AvgIpc) is 3.14. The maximum absolute atomic E-state index is 12.1. The molecule has 1 N–H and O–H groups in total. The van der Waals surface area contributed by atoms with Gasteiger partial charge in [0, 0.05) is 26.1 Å². The van der Waals surface area contributed by atoms with Crippen LogP contribution in [0.25, 0.3) is 0 Å². The second kappa shape index (κ2) is 10.1. The van der Waals surface area contributed by atoms with Crippen LogP contribution in [-0.2, 0) is 11.3 Å². The summed E-state index contributed by atoms with van der Waals surface area (Å²) in [5.74, 6) is 1.66. The second-order valence-corrected chi connectivity index (χ2v) is 7.52. The molecule has 5 nitrogen and oxygen atoms in total. The monoisotopic (exact) mass is 394 g/mol. The van der Waals surface area contributed by atoms with E-state index in [0.717, 1.165) is 24.1 Å². The van der Waals surface area contributed by atoms with E-state index >= 15 is 0 Å². The minimum absolute atomic E-state index is 0.0696. The summed E-state index contributed by atoms with van der Waals surface area (Å²) in [5, 5.41) is 3.62. The van der Waals surface area contributed by atoms with Crippen LogP contribution in [0.1, 0.15) is 36.9 Å². The molecule has 1 heterocycles. The van der Waals surface area contributed by atoms with Gasteiger partial charge in [0.1, 0.15) is 6.61 Å². The van der Waals surface area contributed by atoms with Crippen molar-refractivity contribution in [2.45, 2.75) is 32.4 Å². The van der Waals surface area contributed by atoms with Gasteiger partial charge in [0.2, 0.25) is 5.91 Å². The quantitative estimate of drug-likeness (QED) is 0.617. The third-order valence-corrected chi connectivity index (χ3v) is 5.03. The van der Waals surface area contributed by atoms with Crippen molar-refractivity contribution in [3.05, 3.63) is 71.8 Å². The van der Waals surface area contributed by atoms with Gasteiger partial charge in [-0.2, -0.15) is 0 Å². The van der Waals surface area contributed by atoms with Crippen molar-refractivity contribution in [3.63, 3.8) is 0 Å². The number of hydrogen-bond donors (Lipinski definition) is 1. The Morgan fingerprint density at radius 1 is 1.21 bits per heavy atom. The molecule has 3 rings (SSSR count). The number of ether oxygens (including phenoxy) is 2. The summed E-state index contributed by atoms with van der Waals surface area (Å²) >= 11 is 0. The molecule has 2 aromatic carbocycles. The standard InChI is InChI=1S/C24H30N2O3/c1-18(2)17-29-23-14-19(11-12-22(23)28-3)15-25-21(20-8-5-4-6-9-20)16-26-13-7-10-24(26)27/h4-6,8-9,11-12,14,21,25H,1,7,10,13,15-17H2,2-3H3. The molecule has 0 aliphatic carbocycles. The van der Waals surface area contributed by atoms with Crippen LogP contribution in [0, 0.1) is 0 Å². The van der Waals surface area contributed by atoms with Crippen LogP contribution in [0.15, 0.2) is 60.7 Å². The van der Waals surface area contributed by atoms with Crippen LogP contribution < -0.4 is 14.8 Å². The van der Waals surface area contributed by atoms with Gasteiger partial charge in [-0.1, -0.05) is 43.0 Å². The van der Waals surface area contributed by atoms with Crippen molar-refractivity contribution in [1.82, 2.24) is 10.2 Å². The minimum Gasteiger partial charge on any atom is -0.493 e. The molecule has 1 atom stereocenters. The fraction of sp³-hybridized carbons (Fsp3) is 0.375. The van der Waals surface area contributed by atoms with E-state index in [9.17, 15) is 4.79 Å². The zero-order valence-electron chi connectivity index (χ0n) is 17.3. The van der Waals surface area contributed by atoms with E-state index in [1.54, 1.807) is 7.11 Å². The number of carbonyl (C=O) groups excluding carboxylic acids is 1. The van der Waals surface area contributed by atoms with Crippen LogP contribution in [0.4, 0.5) is 0 Å². The van der Waals surface area contributed by atoms with Crippen LogP contribution in [0.5, 0.6) is 11.5 Å². The summed E-state index contributed by atoms with van der Waals surface area (Å²) in [6, 6.07) is 16.3. The van der Waals surface area contributed by atoms with Crippen molar-refractivity contribution in [3.8, 4) is 11.5 Å². The Morgan fingerprint density at radius 3 is 2.66 bits per heavy atom. The van der Waals surface area contributed by atoms with E-state index in [1.165, 1.54) is 5.56 Å². The van der Waals surface area contributed by atoms with Crippen LogP contribution in [0.2, 0.25) is 0 Å². The number of likely N-dealkylation sites (tertiary alicyclic amines) is 1. The normalized spacial score (nSPS) is 14.7. The lowest BCUT2D eigenvalue weighted by Crippen LogP contribution is -2.35. The van der Waals surface area contributed by atoms with Gasteiger partial charge in [-0.3, -0.25) is 4.79 Å². The van der Waals surface area contributed by atoms with E-state index in [2.05, 4.69) is 24.0 Å². The third kappa shape index (κ3) is 5.84. The van der Waals surface area contributed by atoms with Crippen molar-refractivity contribution in [1.29, 1.82) is 0 Å². The number of benzene rings is 2. The molecule has 1 saturated heterocycles. The molecule has 0 saturated carbocycles. The van der Waals surface area contributed by atoms with E-state index in [4.69, 9.17) is 9.47 Å². The maximum Gasteiger partial charge on any atom is 0.222 e. The first-order valence-corrected chi connectivity index (χ1v) is 10.1. The Balaban J connectivity index is 1.72. The van der Waals surface area contributed by atoms with Crippen molar-refractivity contribution in [2.24, 2.45) is 0 Å². The fourth-order valence-electron chi connectivity index (χ4n) is 3.48. The van der Waals surface area contributed by atoms with Gasteiger partial charge in [0.25, 0.3) is 0 Å². The van der Waals surface area contributed by atoms with Gasteiger partial charge in [-0.15, -0.1) is 0 Å². The number of amides is 1. The zero-order chi connectivity index (χ0) is 20.6. The predicted octanol–water partition coefficient (Wildman–Crippen LogP) is 4.10. The lowest BCUT2D eigenvalue weighted by molar-refractivity contribution is -0.128. The Bertz CT molecular complexity index is 835. The zero-order valence-corrected chi connectivity index (χ0v) is 17.3. The molecule has 1 amide bonds.